The number of benzene rings is 1. The number of carbonyl (C=O) groups is 2. The smallest absolute Gasteiger partial charge is 0.417 e. The largest absolute Gasteiger partial charge is 0.466 e. The van der Waals surface area contributed by atoms with E-state index in [0.717, 1.165) is 12.1 Å². The van der Waals surface area contributed by atoms with Crippen molar-refractivity contribution in [2.75, 3.05) is 19.7 Å². The van der Waals surface area contributed by atoms with E-state index in [9.17, 15) is 22.8 Å². The molecule has 0 N–H and O–H groups in total. The first-order valence-corrected chi connectivity index (χ1v) is 8.60. The van der Waals surface area contributed by atoms with E-state index in [1.807, 2.05) is 0 Å². The fourth-order valence-electron chi connectivity index (χ4n) is 2.77. The Kier molecular flexibility index (Phi) is 6.69. The van der Waals surface area contributed by atoms with E-state index < -0.39 is 16.8 Å². The lowest BCUT2D eigenvalue weighted by molar-refractivity contribution is -0.150. The predicted octanol–water partition coefficient (Wildman–Crippen LogP) is 4.17. The molecule has 1 unspecified atom stereocenters. The normalized spacial score (nSPS) is 18.2. The number of amides is 1. The third-order valence-corrected chi connectivity index (χ3v) is 4.40. The number of hydrogen-bond donors (Lipinski definition) is 0. The summed E-state index contributed by atoms with van der Waals surface area (Å²) in [5.74, 6) is -1.06. The van der Waals surface area contributed by atoms with Crippen LogP contribution in [0.15, 0.2) is 24.3 Å². The molecule has 2 rings (SSSR count). The van der Waals surface area contributed by atoms with E-state index in [1.54, 1.807) is 6.92 Å². The van der Waals surface area contributed by atoms with Crippen LogP contribution in [0.25, 0.3) is 6.08 Å². The molecule has 1 atom stereocenters. The number of ether oxygens (including phenoxy) is 1. The standard InChI is InChI=1S/C18H19ClF3NO3/c1-2-26-17(25)13-4-3-9-23(11-13)16(24)8-6-12-5-7-15(19)14(10-12)18(20,21)22/h5-8,10,13H,2-4,9,11H2,1H3/b8-6+. The van der Waals surface area contributed by atoms with E-state index in [4.69, 9.17) is 16.3 Å². The molecule has 0 aliphatic carbocycles. The summed E-state index contributed by atoms with van der Waals surface area (Å²) in [5, 5.41) is -0.394. The Morgan fingerprint density at radius 2 is 2.12 bits per heavy atom. The molecule has 1 aliphatic heterocycles. The fourth-order valence-corrected chi connectivity index (χ4v) is 2.99. The summed E-state index contributed by atoms with van der Waals surface area (Å²) >= 11 is 5.57. The molecule has 8 heteroatoms. The van der Waals surface area contributed by atoms with E-state index in [2.05, 4.69) is 0 Å². The maximum atomic E-state index is 12.9. The number of piperidine rings is 1. The molecule has 4 nitrogen and oxygen atoms in total. The highest BCUT2D eigenvalue weighted by Crippen LogP contribution is 2.35. The Labute approximate surface area is 154 Å². The first-order valence-electron chi connectivity index (χ1n) is 8.22. The van der Waals surface area contributed by atoms with Crippen LogP contribution in [0.2, 0.25) is 5.02 Å². The summed E-state index contributed by atoms with van der Waals surface area (Å²) < 4.78 is 43.6. The van der Waals surface area contributed by atoms with Crippen LogP contribution in [0, 0.1) is 5.92 Å². The molecule has 0 bridgehead atoms. The molecule has 1 fully saturated rings. The highest BCUT2D eigenvalue weighted by atomic mass is 35.5. The third-order valence-electron chi connectivity index (χ3n) is 4.07. The van der Waals surface area contributed by atoms with Gasteiger partial charge in [-0.1, -0.05) is 17.7 Å². The van der Waals surface area contributed by atoms with E-state index in [1.165, 1.54) is 23.1 Å². The van der Waals surface area contributed by atoms with Gasteiger partial charge in [0.1, 0.15) is 0 Å². The molecule has 1 saturated heterocycles. The van der Waals surface area contributed by atoms with Crippen LogP contribution in [-0.2, 0) is 20.5 Å². The summed E-state index contributed by atoms with van der Waals surface area (Å²) in [4.78, 5) is 25.6. The Morgan fingerprint density at radius 3 is 2.77 bits per heavy atom. The number of halogens is 4. The molecule has 0 aromatic heterocycles. The van der Waals surface area contributed by atoms with Crippen molar-refractivity contribution in [2.24, 2.45) is 5.92 Å². The van der Waals surface area contributed by atoms with Crippen molar-refractivity contribution in [3.63, 3.8) is 0 Å². The lowest BCUT2D eigenvalue weighted by atomic mass is 9.98. The van der Waals surface area contributed by atoms with Gasteiger partial charge in [0, 0.05) is 19.2 Å². The van der Waals surface area contributed by atoms with E-state index >= 15 is 0 Å². The minimum Gasteiger partial charge on any atom is -0.466 e. The lowest BCUT2D eigenvalue weighted by Gasteiger charge is -2.30. The van der Waals surface area contributed by atoms with Gasteiger partial charge in [0.25, 0.3) is 0 Å². The SMILES string of the molecule is CCOC(=O)C1CCCN(C(=O)/C=C/c2ccc(Cl)c(C(F)(F)F)c2)C1. The Bertz CT molecular complexity index is 703. The maximum Gasteiger partial charge on any atom is 0.417 e. The van der Waals surface area contributed by atoms with Gasteiger partial charge >= 0.3 is 12.1 Å². The summed E-state index contributed by atoms with van der Waals surface area (Å²) in [6.07, 6.45) is -0.732. The molecule has 26 heavy (non-hydrogen) atoms. The molecule has 1 aromatic rings. The maximum absolute atomic E-state index is 12.9. The quantitative estimate of drug-likeness (QED) is 0.573. The molecule has 1 aromatic carbocycles. The summed E-state index contributed by atoms with van der Waals surface area (Å²) in [6, 6.07) is 3.44. The van der Waals surface area contributed by atoms with Gasteiger partial charge in [0.2, 0.25) is 5.91 Å². The summed E-state index contributed by atoms with van der Waals surface area (Å²) in [6.45, 7) is 2.74. The van der Waals surface area contributed by atoms with Crippen LogP contribution in [0.1, 0.15) is 30.9 Å². The number of nitrogens with zero attached hydrogens (tertiary/aromatic N) is 1. The van der Waals surface area contributed by atoms with Gasteiger partial charge in [-0.3, -0.25) is 9.59 Å². The van der Waals surface area contributed by atoms with E-state index in [-0.39, 0.29) is 36.5 Å². The Hall–Kier alpha value is -2.02. The van der Waals surface area contributed by atoms with Crippen molar-refractivity contribution in [1.82, 2.24) is 4.90 Å². The number of hydrogen-bond acceptors (Lipinski definition) is 3. The minimum absolute atomic E-state index is 0.217. The van der Waals surface area contributed by atoms with Crippen LogP contribution in [0.5, 0.6) is 0 Å². The molecular formula is C18H19ClF3NO3. The van der Waals surface area contributed by atoms with Crippen molar-refractivity contribution in [1.29, 1.82) is 0 Å². The zero-order chi connectivity index (χ0) is 19.3. The second-order valence-corrected chi connectivity index (χ2v) is 6.35. The predicted molar refractivity (Wildman–Crippen MR) is 91.4 cm³/mol. The van der Waals surface area contributed by atoms with Gasteiger partial charge in [-0.25, -0.2) is 0 Å². The van der Waals surface area contributed by atoms with Gasteiger partial charge in [-0.15, -0.1) is 0 Å². The van der Waals surface area contributed by atoms with Crippen molar-refractivity contribution in [2.45, 2.75) is 25.9 Å². The lowest BCUT2D eigenvalue weighted by Crippen LogP contribution is -2.42. The highest BCUT2D eigenvalue weighted by molar-refractivity contribution is 6.31. The van der Waals surface area contributed by atoms with Crippen molar-refractivity contribution in [3.8, 4) is 0 Å². The van der Waals surface area contributed by atoms with Crippen LogP contribution in [-0.4, -0.2) is 36.5 Å². The van der Waals surface area contributed by atoms with Crippen molar-refractivity contribution >= 4 is 29.6 Å². The molecule has 1 heterocycles. The zero-order valence-corrected chi connectivity index (χ0v) is 14.9. The number of rotatable bonds is 4. The first-order chi connectivity index (χ1) is 12.2. The number of alkyl halides is 3. The molecule has 0 saturated carbocycles. The Balaban J connectivity index is 2.06. The van der Waals surface area contributed by atoms with Crippen LogP contribution < -0.4 is 0 Å². The zero-order valence-electron chi connectivity index (χ0n) is 14.2. The molecule has 0 radical (unpaired) electrons. The fraction of sp³-hybridized carbons (Fsp3) is 0.444. The molecule has 1 aliphatic rings. The van der Waals surface area contributed by atoms with Gasteiger partial charge in [-0.05, 0) is 43.5 Å². The average molecular weight is 390 g/mol. The first kappa shape index (κ1) is 20.3. The van der Waals surface area contributed by atoms with Crippen molar-refractivity contribution < 1.29 is 27.5 Å². The highest BCUT2D eigenvalue weighted by Gasteiger charge is 2.33. The van der Waals surface area contributed by atoms with Crippen LogP contribution >= 0.6 is 11.6 Å². The molecular weight excluding hydrogens is 371 g/mol. The third kappa shape index (κ3) is 5.24. The number of likely N-dealkylation sites (tertiary alicyclic amines) is 1. The number of esters is 1. The van der Waals surface area contributed by atoms with Gasteiger partial charge in [-0.2, -0.15) is 13.2 Å². The Morgan fingerprint density at radius 1 is 1.38 bits per heavy atom. The number of carbonyl (C=O) groups excluding carboxylic acids is 2. The topological polar surface area (TPSA) is 46.6 Å². The van der Waals surface area contributed by atoms with Crippen LogP contribution in [0.3, 0.4) is 0 Å². The van der Waals surface area contributed by atoms with Gasteiger partial charge in [0.15, 0.2) is 0 Å². The molecule has 1 amide bonds. The monoisotopic (exact) mass is 389 g/mol. The molecule has 0 spiro atoms. The minimum atomic E-state index is -4.56. The van der Waals surface area contributed by atoms with Crippen LogP contribution in [0.4, 0.5) is 13.2 Å². The van der Waals surface area contributed by atoms with Gasteiger partial charge in [0.05, 0.1) is 23.1 Å². The summed E-state index contributed by atoms with van der Waals surface area (Å²) in [7, 11) is 0. The molecule has 142 valence electrons. The van der Waals surface area contributed by atoms with Gasteiger partial charge < -0.3 is 9.64 Å². The second kappa shape index (κ2) is 8.58. The summed E-state index contributed by atoms with van der Waals surface area (Å²) in [5.41, 5.74) is -0.733. The second-order valence-electron chi connectivity index (χ2n) is 5.95. The van der Waals surface area contributed by atoms with Crippen molar-refractivity contribution in [3.05, 3.63) is 40.4 Å². The average Bonchev–Trinajstić information content (AvgIpc) is 2.60. The van der Waals surface area contributed by atoms with E-state index in [0.29, 0.717) is 19.4 Å².